The fourth-order valence-electron chi connectivity index (χ4n) is 0.704. The lowest BCUT2D eigenvalue weighted by Gasteiger charge is -2.03. The Hall–Kier alpha value is -0.970. The second-order valence-electron chi connectivity index (χ2n) is 2.20. The summed E-state index contributed by atoms with van der Waals surface area (Å²) in [4.78, 5) is 10.7. The minimum Gasteiger partial charge on any atom is -0.368 e. The van der Waals surface area contributed by atoms with Crippen LogP contribution in [0, 0.1) is 0 Å². The van der Waals surface area contributed by atoms with Gasteiger partial charge in [0.25, 0.3) is 0 Å². The van der Waals surface area contributed by atoms with Gasteiger partial charge in [0.05, 0.1) is 0 Å². The minimum atomic E-state index is -1.23. The molecule has 12 heavy (non-hydrogen) atoms. The van der Waals surface area contributed by atoms with Crippen molar-refractivity contribution in [3.63, 3.8) is 0 Å². The maximum Gasteiger partial charge on any atom is 0.227 e. The Morgan fingerprint density at radius 1 is 1.50 bits per heavy atom. The molecule has 0 amide bonds. The number of hydrogen-bond acceptors (Lipinski definition) is 4. The average Bonchev–Trinajstić information content (AvgIpc) is 2.01. The lowest BCUT2D eigenvalue weighted by atomic mass is 10.3. The molecule has 66 valence electrons. The standard InChI is InChI=1S/C6H8ClFN4/c1-2-3(8)4-10-5(7)12-6(9)11-4/h3H,2H2,1H3,(H2,9,10,11,12)/t3-/m1/s1. The van der Waals surface area contributed by atoms with E-state index in [2.05, 4.69) is 15.0 Å². The molecule has 4 nitrogen and oxygen atoms in total. The predicted molar refractivity (Wildman–Crippen MR) is 43.4 cm³/mol. The van der Waals surface area contributed by atoms with Gasteiger partial charge in [-0.15, -0.1) is 0 Å². The average molecular weight is 191 g/mol. The third-order valence-corrected chi connectivity index (χ3v) is 1.45. The Balaban J connectivity index is 3.00. The molecule has 0 unspecified atom stereocenters. The first-order chi connectivity index (χ1) is 5.63. The number of halogens is 2. The first-order valence-electron chi connectivity index (χ1n) is 3.44. The molecule has 0 aromatic carbocycles. The Kier molecular flexibility index (Phi) is 2.75. The van der Waals surface area contributed by atoms with E-state index in [-0.39, 0.29) is 17.1 Å². The van der Waals surface area contributed by atoms with Crippen LogP contribution in [-0.4, -0.2) is 15.0 Å². The third-order valence-electron chi connectivity index (χ3n) is 1.28. The topological polar surface area (TPSA) is 64.7 Å². The summed E-state index contributed by atoms with van der Waals surface area (Å²) < 4.78 is 13.0. The molecule has 0 aliphatic heterocycles. The second-order valence-corrected chi connectivity index (χ2v) is 2.53. The van der Waals surface area contributed by atoms with E-state index in [1.807, 2.05) is 0 Å². The zero-order chi connectivity index (χ0) is 9.14. The molecule has 1 atom stereocenters. The van der Waals surface area contributed by atoms with Crippen molar-refractivity contribution in [3.05, 3.63) is 11.1 Å². The van der Waals surface area contributed by atoms with Crippen LogP contribution >= 0.6 is 11.6 Å². The quantitative estimate of drug-likeness (QED) is 0.768. The van der Waals surface area contributed by atoms with Gasteiger partial charge in [-0.05, 0) is 18.0 Å². The van der Waals surface area contributed by atoms with Crippen molar-refractivity contribution in [2.75, 3.05) is 5.73 Å². The normalized spacial score (nSPS) is 12.9. The Morgan fingerprint density at radius 2 is 2.17 bits per heavy atom. The van der Waals surface area contributed by atoms with Crippen molar-refractivity contribution in [3.8, 4) is 0 Å². The Morgan fingerprint density at radius 3 is 2.67 bits per heavy atom. The highest BCUT2D eigenvalue weighted by molar-refractivity contribution is 6.28. The molecule has 1 aromatic rings. The summed E-state index contributed by atoms with van der Waals surface area (Å²) in [6, 6.07) is 0. The molecule has 1 rings (SSSR count). The van der Waals surface area contributed by atoms with Gasteiger partial charge in [-0.3, -0.25) is 0 Å². The van der Waals surface area contributed by atoms with Crippen LogP contribution in [0.5, 0.6) is 0 Å². The summed E-state index contributed by atoms with van der Waals surface area (Å²) in [5, 5.41) is -0.0754. The maximum atomic E-state index is 13.0. The van der Waals surface area contributed by atoms with Crippen LogP contribution in [0.1, 0.15) is 25.3 Å². The number of nitrogens with zero attached hydrogens (tertiary/aromatic N) is 3. The second kappa shape index (κ2) is 3.62. The number of nitrogen functional groups attached to an aromatic ring is 1. The van der Waals surface area contributed by atoms with Crippen LogP contribution in [0.15, 0.2) is 0 Å². The molecule has 0 fully saturated rings. The van der Waals surface area contributed by atoms with Gasteiger partial charge in [-0.2, -0.15) is 15.0 Å². The summed E-state index contributed by atoms with van der Waals surface area (Å²) in [5.74, 6) is -0.0592. The van der Waals surface area contributed by atoms with Gasteiger partial charge in [0, 0.05) is 0 Å². The van der Waals surface area contributed by atoms with Crippen LogP contribution in [0.2, 0.25) is 5.28 Å². The van der Waals surface area contributed by atoms with Gasteiger partial charge in [-0.1, -0.05) is 6.92 Å². The molecule has 0 aliphatic rings. The number of anilines is 1. The fourth-order valence-corrected chi connectivity index (χ4v) is 0.877. The Labute approximate surface area is 74.0 Å². The molecule has 0 saturated heterocycles. The molecule has 0 spiro atoms. The third kappa shape index (κ3) is 2.01. The van der Waals surface area contributed by atoms with Gasteiger partial charge in [-0.25, -0.2) is 4.39 Å². The molecule has 6 heteroatoms. The van der Waals surface area contributed by atoms with Gasteiger partial charge in [0.1, 0.15) is 0 Å². The van der Waals surface area contributed by atoms with Crippen LogP contribution in [0.4, 0.5) is 10.3 Å². The van der Waals surface area contributed by atoms with E-state index in [9.17, 15) is 4.39 Å². The van der Waals surface area contributed by atoms with E-state index in [1.54, 1.807) is 6.92 Å². The lowest BCUT2D eigenvalue weighted by Crippen LogP contribution is -2.04. The van der Waals surface area contributed by atoms with Gasteiger partial charge in [0.2, 0.25) is 11.2 Å². The Bertz CT molecular complexity index is 260. The number of aromatic nitrogens is 3. The highest BCUT2D eigenvalue weighted by atomic mass is 35.5. The van der Waals surface area contributed by atoms with E-state index in [4.69, 9.17) is 17.3 Å². The van der Waals surface area contributed by atoms with E-state index >= 15 is 0 Å². The van der Waals surface area contributed by atoms with E-state index in [1.165, 1.54) is 0 Å². The highest BCUT2D eigenvalue weighted by Crippen LogP contribution is 2.17. The first-order valence-corrected chi connectivity index (χ1v) is 3.82. The number of rotatable bonds is 2. The smallest absolute Gasteiger partial charge is 0.227 e. The zero-order valence-electron chi connectivity index (χ0n) is 6.46. The van der Waals surface area contributed by atoms with Crippen LogP contribution in [0.25, 0.3) is 0 Å². The van der Waals surface area contributed by atoms with Crippen molar-refractivity contribution in [2.45, 2.75) is 19.5 Å². The van der Waals surface area contributed by atoms with Crippen molar-refractivity contribution < 1.29 is 4.39 Å². The summed E-state index contributed by atoms with van der Waals surface area (Å²) >= 11 is 5.44. The van der Waals surface area contributed by atoms with Crippen LogP contribution in [-0.2, 0) is 0 Å². The molecule has 2 N–H and O–H groups in total. The van der Waals surface area contributed by atoms with Crippen LogP contribution in [0.3, 0.4) is 0 Å². The monoisotopic (exact) mass is 190 g/mol. The van der Waals surface area contributed by atoms with E-state index in [0.717, 1.165) is 0 Å². The minimum absolute atomic E-state index is 0.00463. The summed E-state index contributed by atoms with van der Waals surface area (Å²) in [7, 11) is 0. The van der Waals surface area contributed by atoms with Crippen molar-refractivity contribution >= 4 is 17.5 Å². The van der Waals surface area contributed by atoms with Crippen molar-refractivity contribution in [1.82, 2.24) is 15.0 Å². The summed E-state index contributed by atoms with van der Waals surface area (Å²) in [5.41, 5.74) is 5.24. The maximum absolute atomic E-state index is 13.0. The summed E-state index contributed by atoms with van der Waals surface area (Å²) in [6.07, 6.45) is -0.937. The fraction of sp³-hybridized carbons (Fsp3) is 0.500. The van der Waals surface area contributed by atoms with E-state index < -0.39 is 6.17 Å². The number of alkyl halides is 1. The number of nitrogens with two attached hydrogens (primary N) is 1. The largest absolute Gasteiger partial charge is 0.368 e. The summed E-state index contributed by atoms with van der Waals surface area (Å²) in [6.45, 7) is 1.68. The van der Waals surface area contributed by atoms with E-state index in [0.29, 0.717) is 6.42 Å². The van der Waals surface area contributed by atoms with Gasteiger partial charge >= 0.3 is 0 Å². The van der Waals surface area contributed by atoms with Crippen molar-refractivity contribution in [2.24, 2.45) is 0 Å². The van der Waals surface area contributed by atoms with Crippen molar-refractivity contribution in [1.29, 1.82) is 0 Å². The molecule has 0 aliphatic carbocycles. The highest BCUT2D eigenvalue weighted by Gasteiger charge is 2.12. The predicted octanol–water partition coefficient (Wildman–Crippen LogP) is 1.53. The zero-order valence-corrected chi connectivity index (χ0v) is 7.22. The molecular formula is C6H8ClFN4. The molecule has 1 aromatic heterocycles. The van der Waals surface area contributed by atoms with Gasteiger partial charge < -0.3 is 5.73 Å². The lowest BCUT2D eigenvalue weighted by molar-refractivity contribution is 0.318. The molecule has 1 heterocycles. The van der Waals surface area contributed by atoms with Crippen LogP contribution < -0.4 is 5.73 Å². The molecule has 0 bridgehead atoms. The molecule has 0 radical (unpaired) electrons. The SMILES string of the molecule is CC[C@@H](F)c1nc(N)nc(Cl)n1. The van der Waals surface area contributed by atoms with Gasteiger partial charge in [0.15, 0.2) is 12.0 Å². The molecular weight excluding hydrogens is 183 g/mol. The molecule has 0 saturated carbocycles. The first kappa shape index (κ1) is 9.12. The number of hydrogen-bond donors (Lipinski definition) is 1.